The Bertz CT molecular complexity index is 555. The minimum absolute atomic E-state index is 0. The van der Waals surface area contributed by atoms with E-state index in [9.17, 15) is 0 Å². The third kappa shape index (κ3) is 2.91. The largest absolute Gasteiger partial charge is 0.495 e. The fourth-order valence-corrected chi connectivity index (χ4v) is 2.37. The molecule has 0 aliphatic carbocycles. The summed E-state index contributed by atoms with van der Waals surface area (Å²) in [6.07, 6.45) is 2.91. The van der Waals surface area contributed by atoms with Crippen LogP contribution in [0.15, 0.2) is 30.5 Å². The first-order valence-corrected chi connectivity index (χ1v) is 6.27. The maximum Gasteiger partial charge on any atom is 0.137 e. The summed E-state index contributed by atoms with van der Waals surface area (Å²) in [5, 5.41) is 8.05. The van der Waals surface area contributed by atoms with Gasteiger partial charge in [-0.2, -0.15) is 0 Å². The van der Waals surface area contributed by atoms with Crippen LogP contribution in [0.5, 0.6) is 5.75 Å². The first kappa shape index (κ1) is 13.9. The van der Waals surface area contributed by atoms with E-state index in [1.807, 2.05) is 18.2 Å². The summed E-state index contributed by atoms with van der Waals surface area (Å²) in [6, 6.07) is 8.69. The average molecular weight is 280 g/mol. The van der Waals surface area contributed by atoms with Crippen LogP contribution in [0.4, 0.5) is 5.69 Å². The Hall–Kier alpha value is -1.52. The zero-order chi connectivity index (χ0) is 12.4. The van der Waals surface area contributed by atoms with E-state index in [2.05, 4.69) is 21.7 Å². The number of hydrogen-bond acceptors (Lipinski definition) is 4. The van der Waals surface area contributed by atoms with Gasteiger partial charge in [0.1, 0.15) is 5.75 Å². The van der Waals surface area contributed by atoms with Gasteiger partial charge in [-0.1, -0.05) is 6.07 Å². The molecule has 0 amide bonds. The van der Waals surface area contributed by atoms with E-state index in [-0.39, 0.29) is 12.4 Å². The third-order valence-corrected chi connectivity index (χ3v) is 3.36. The van der Waals surface area contributed by atoms with E-state index in [0.717, 1.165) is 41.9 Å². The molecule has 1 aliphatic rings. The zero-order valence-corrected chi connectivity index (χ0v) is 11.7. The molecular formula is C14H18ClN3O. The van der Waals surface area contributed by atoms with E-state index >= 15 is 0 Å². The van der Waals surface area contributed by atoms with Gasteiger partial charge >= 0.3 is 0 Å². The Balaban J connectivity index is 0.00000133. The second-order valence-electron chi connectivity index (χ2n) is 4.58. The van der Waals surface area contributed by atoms with Crippen LogP contribution < -0.4 is 15.4 Å². The number of ether oxygens (including phenoxy) is 1. The predicted octanol–water partition coefficient (Wildman–Crippen LogP) is 2.44. The molecular weight excluding hydrogens is 262 g/mol. The van der Waals surface area contributed by atoms with Gasteiger partial charge in [-0.25, -0.2) is 0 Å². The van der Waals surface area contributed by atoms with Gasteiger partial charge in [-0.3, -0.25) is 4.98 Å². The lowest BCUT2D eigenvalue weighted by molar-refractivity contribution is 0.414. The van der Waals surface area contributed by atoms with Gasteiger partial charge in [0.2, 0.25) is 0 Å². The van der Waals surface area contributed by atoms with Crippen molar-refractivity contribution in [2.75, 3.05) is 25.5 Å². The molecule has 1 aliphatic heterocycles. The molecule has 1 atom stereocenters. The predicted molar refractivity (Wildman–Crippen MR) is 80.4 cm³/mol. The van der Waals surface area contributed by atoms with E-state index in [1.165, 1.54) is 0 Å². The second-order valence-corrected chi connectivity index (χ2v) is 4.58. The number of benzene rings is 1. The molecule has 0 unspecified atom stereocenters. The third-order valence-electron chi connectivity index (χ3n) is 3.36. The number of aromatic nitrogens is 1. The SMILES string of the molecule is COc1cnc2cccc(N[C@@H]3CCNC3)c2c1.Cl. The Kier molecular flexibility index (Phi) is 4.45. The summed E-state index contributed by atoms with van der Waals surface area (Å²) < 4.78 is 5.24. The number of rotatable bonds is 3. The lowest BCUT2D eigenvalue weighted by Gasteiger charge is -2.15. The molecule has 3 rings (SSSR count). The summed E-state index contributed by atoms with van der Waals surface area (Å²) in [4.78, 5) is 4.41. The van der Waals surface area contributed by atoms with Crippen LogP contribution in [-0.4, -0.2) is 31.2 Å². The molecule has 102 valence electrons. The molecule has 0 radical (unpaired) electrons. The minimum atomic E-state index is 0. The van der Waals surface area contributed by atoms with Gasteiger partial charge in [-0.15, -0.1) is 12.4 Å². The van der Waals surface area contributed by atoms with E-state index in [1.54, 1.807) is 13.3 Å². The van der Waals surface area contributed by atoms with Crippen molar-refractivity contribution in [2.24, 2.45) is 0 Å². The van der Waals surface area contributed by atoms with Gasteiger partial charge in [0.15, 0.2) is 0 Å². The molecule has 19 heavy (non-hydrogen) atoms. The fourth-order valence-electron chi connectivity index (χ4n) is 2.37. The fraction of sp³-hybridized carbons (Fsp3) is 0.357. The highest BCUT2D eigenvalue weighted by molar-refractivity contribution is 5.92. The van der Waals surface area contributed by atoms with E-state index < -0.39 is 0 Å². The number of nitrogens with zero attached hydrogens (tertiary/aromatic N) is 1. The Morgan fingerprint density at radius 1 is 1.42 bits per heavy atom. The van der Waals surface area contributed by atoms with Crippen LogP contribution in [0.25, 0.3) is 10.9 Å². The summed E-state index contributed by atoms with van der Waals surface area (Å²) >= 11 is 0. The normalized spacial score (nSPS) is 18.1. The van der Waals surface area contributed by atoms with Crippen LogP contribution in [0, 0.1) is 0 Å². The number of halogens is 1. The van der Waals surface area contributed by atoms with Crippen molar-refractivity contribution in [2.45, 2.75) is 12.5 Å². The van der Waals surface area contributed by atoms with Crippen molar-refractivity contribution in [1.29, 1.82) is 0 Å². The molecule has 0 saturated carbocycles. The van der Waals surface area contributed by atoms with Crippen molar-refractivity contribution in [3.05, 3.63) is 30.5 Å². The lowest BCUT2D eigenvalue weighted by atomic mass is 10.1. The Labute approximate surface area is 119 Å². The minimum Gasteiger partial charge on any atom is -0.495 e. The van der Waals surface area contributed by atoms with Crippen LogP contribution in [0.1, 0.15) is 6.42 Å². The van der Waals surface area contributed by atoms with Crippen LogP contribution in [-0.2, 0) is 0 Å². The van der Waals surface area contributed by atoms with Crippen LogP contribution >= 0.6 is 12.4 Å². The molecule has 1 aromatic carbocycles. The van der Waals surface area contributed by atoms with Gasteiger partial charge < -0.3 is 15.4 Å². The van der Waals surface area contributed by atoms with Crippen molar-refractivity contribution >= 4 is 29.0 Å². The second kappa shape index (κ2) is 6.08. The number of nitrogens with one attached hydrogen (secondary N) is 2. The Morgan fingerprint density at radius 2 is 2.32 bits per heavy atom. The van der Waals surface area contributed by atoms with Crippen molar-refractivity contribution < 1.29 is 4.74 Å². The number of fused-ring (bicyclic) bond motifs is 1. The monoisotopic (exact) mass is 279 g/mol. The molecule has 5 heteroatoms. The lowest BCUT2D eigenvalue weighted by Crippen LogP contribution is -2.22. The highest BCUT2D eigenvalue weighted by Gasteiger charge is 2.15. The smallest absolute Gasteiger partial charge is 0.137 e. The van der Waals surface area contributed by atoms with E-state index in [4.69, 9.17) is 4.74 Å². The average Bonchev–Trinajstić information content (AvgIpc) is 2.91. The standard InChI is InChI=1S/C14H17N3O.ClH/c1-18-11-7-12-13(16-9-11)3-2-4-14(12)17-10-5-6-15-8-10;/h2-4,7,9-10,15,17H,5-6,8H2,1H3;1H/t10-;/m1./s1. The molecule has 0 spiro atoms. The first-order valence-electron chi connectivity index (χ1n) is 6.27. The summed E-state index contributed by atoms with van der Waals surface area (Å²) in [7, 11) is 1.67. The highest BCUT2D eigenvalue weighted by Crippen LogP contribution is 2.26. The quantitative estimate of drug-likeness (QED) is 0.906. The van der Waals surface area contributed by atoms with Crippen LogP contribution in [0.2, 0.25) is 0 Å². The molecule has 1 saturated heterocycles. The summed E-state index contributed by atoms with van der Waals surface area (Å²) in [5.74, 6) is 0.793. The molecule has 2 N–H and O–H groups in total. The molecule has 1 aromatic heterocycles. The van der Waals surface area contributed by atoms with Gasteiger partial charge in [0, 0.05) is 23.7 Å². The van der Waals surface area contributed by atoms with Gasteiger partial charge in [0.05, 0.1) is 18.8 Å². The van der Waals surface area contributed by atoms with Gasteiger partial charge in [0.25, 0.3) is 0 Å². The molecule has 4 nitrogen and oxygen atoms in total. The first-order chi connectivity index (χ1) is 8.86. The molecule has 0 bridgehead atoms. The molecule has 1 fully saturated rings. The topological polar surface area (TPSA) is 46.2 Å². The highest BCUT2D eigenvalue weighted by atomic mass is 35.5. The maximum atomic E-state index is 5.24. The zero-order valence-electron chi connectivity index (χ0n) is 10.8. The number of methoxy groups -OCH3 is 1. The number of hydrogen-bond donors (Lipinski definition) is 2. The van der Waals surface area contributed by atoms with Crippen molar-refractivity contribution in [3.63, 3.8) is 0 Å². The summed E-state index contributed by atoms with van der Waals surface area (Å²) in [5.41, 5.74) is 2.12. The molecule has 2 heterocycles. The number of pyridine rings is 1. The number of anilines is 1. The molecule has 2 aromatic rings. The maximum absolute atomic E-state index is 5.24. The van der Waals surface area contributed by atoms with Crippen molar-refractivity contribution in [3.8, 4) is 5.75 Å². The van der Waals surface area contributed by atoms with E-state index in [0.29, 0.717) is 6.04 Å². The van der Waals surface area contributed by atoms with Crippen LogP contribution in [0.3, 0.4) is 0 Å². The Morgan fingerprint density at radius 3 is 3.05 bits per heavy atom. The van der Waals surface area contributed by atoms with Crippen molar-refractivity contribution in [1.82, 2.24) is 10.3 Å². The van der Waals surface area contributed by atoms with Gasteiger partial charge in [-0.05, 0) is 31.2 Å². The summed E-state index contributed by atoms with van der Waals surface area (Å²) in [6.45, 7) is 2.11.